The number of nitrogens with two attached hydrogens (primary N) is 1. The van der Waals surface area contributed by atoms with Gasteiger partial charge in [0.1, 0.15) is 5.78 Å². The molecule has 0 unspecified atom stereocenters. The summed E-state index contributed by atoms with van der Waals surface area (Å²) in [6.45, 7) is 9.96. The van der Waals surface area contributed by atoms with Gasteiger partial charge < -0.3 is 5.73 Å². The lowest BCUT2D eigenvalue weighted by molar-refractivity contribution is -0.131. The Morgan fingerprint density at radius 3 is 2.28 bits per heavy atom. The molecule has 0 spiro atoms. The maximum absolute atomic E-state index is 12.4. The maximum atomic E-state index is 12.4. The second-order valence-corrected chi connectivity index (χ2v) is 6.18. The summed E-state index contributed by atoms with van der Waals surface area (Å²) < 4.78 is 1.54. The van der Waals surface area contributed by atoms with Gasteiger partial charge in [-0.1, -0.05) is 34.6 Å². The summed E-state index contributed by atoms with van der Waals surface area (Å²) in [7, 11) is 1.75. The van der Waals surface area contributed by atoms with Crippen molar-refractivity contribution in [1.29, 1.82) is 0 Å². The van der Waals surface area contributed by atoms with Crippen LogP contribution in [0.3, 0.4) is 0 Å². The van der Waals surface area contributed by atoms with Gasteiger partial charge in [-0.25, -0.2) is 4.68 Å². The van der Waals surface area contributed by atoms with E-state index >= 15 is 0 Å². The Kier molecular flexibility index (Phi) is 4.14. The average Bonchev–Trinajstić information content (AvgIpc) is 2.52. The molecule has 1 aromatic rings. The number of carbonyl (C=O) groups is 1. The molecule has 1 rings (SSSR count). The largest absolute Gasteiger partial charge is 0.368 e. The van der Waals surface area contributed by atoms with E-state index in [-0.39, 0.29) is 23.0 Å². The highest BCUT2D eigenvalue weighted by Crippen LogP contribution is 2.27. The third-order valence-corrected chi connectivity index (χ3v) is 3.12. The lowest BCUT2D eigenvalue weighted by Crippen LogP contribution is -2.33. The first-order valence-corrected chi connectivity index (χ1v) is 6.32. The van der Waals surface area contributed by atoms with Gasteiger partial charge >= 0.3 is 0 Å². The molecule has 0 fully saturated rings. The molecule has 0 radical (unpaired) electrons. The summed E-state index contributed by atoms with van der Waals surface area (Å²) in [6.07, 6.45) is 0.554. The third kappa shape index (κ3) is 3.31. The van der Waals surface area contributed by atoms with Crippen molar-refractivity contribution in [3.8, 4) is 0 Å². The molecular formula is C13H24N4O. The van der Waals surface area contributed by atoms with Gasteiger partial charge in [0.2, 0.25) is 5.95 Å². The molecule has 0 amide bonds. The summed E-state index contributed by atoms with van der Waals surface area (Å²) in [4.78, 5) is 16.6. The van der Waals surface area contributed by atoms with Gasteiger partial charge in [-0.2, -0.15) is 10.1 Å². The lowest BCUT2D eigenvalue weighted by Gasteiger charge is -2.26. The highest BCUT2D eigenvalue weighted by atomic mass is 16.1. The van der Waals surface area contributed by atoms with Crippen molar-refractivity contribution in [2.45, 2.75) is 41.0 Å². The number of Topliss-reactive ketones (excluding diaryl/α,β-unsaturated/α-hetero) is 1. The normalized spacial score (nSPS) is 13.9. The zero-order valence-electron chi connectivity index (χ0n) is 12.2. The number of carbonyl (C=O) groups excluding carboxylic acids is 1. The summed E-state index contributed by atoms with van der Waals surface area (Å²) in [5.41, 5.74) is 5.32. The van der Waals surface area contributed by atoms with E-state index in [1.807, 2.05) is 20.8 Å². The van der Waals surface area contributed by atoms with Gasteiger partial charge in [0, 0.05) is 24.8 Å². The molecule has 18 heavy (non-hydrogen) atoms. The van der Waals surface area contributed by atoms with Crippen molar-refractivity contribution in [1.82, 2.24) is 14.8 Å². The summed E-state index contributed by atoms with van der Waals surface area (Å²) in [6, 6.07) is 0. The van der Waals surface area contributed by atoms with Crippen LogP contribution in [-0.4, -0.2) is 20.5 Å². The predicted molar refractivity (Wildman–Crippen MR) is 71.9 cm³/mol. The topological polar surface area (TPSA) is 73.8 Å². The second-order valence-electron chi connectivity index (χ2n) is 6.18. The quantitative estimate of drug-likeness (QED) is 0.887. The number of aromatic nitrogens is 3. The molecule has 0 bridgehead atoms. The summed E-state index contributed by atoms with van der Waals surface area (Å²) in [5.74, 6) is 1.49. The van der Waals surface area contributed by atoms with Gasteiger partial charge in [0.15, 0.2) is 5.82 Å². The van der Waals surface area contributed by atoms with E-state index in [0.29, 0.717) is 18.2 Å². The van der Waals surface area contributed by atoms with Crippen LogP contribution in [0.2, 0.25) is 0 Å². The van der Waals surface area contributed by atoms with Crippen molar-refractivity contribution in [2.75, 3.05) is 5.73 Å². The Balaban J connectivity index is 2.91. The molecule has 0 aliphatic rings. The van der Waals surface area contributed by atoms with E-state index in [9.17, 15) is 4.79 Å². The second kappa shape index (κ2) is 5.08. The van der Waals surface area contributed by atoms with Crippen LogP contribution in [0.4, 0.5) is 5.95 Å². The van der Waals surface area contributed by atoms with Crippen molar-refractivity contribution in [3.05, 3.63) is 5.82 Å². The van der Waals surface area contributed by atoms with E-state index in [2.05, 4.69) is 23.9 Å². The fourth-order valence-corrected chi connectivity index (χ4v) is 1.92. The molecule has 1 heterocycles. The number of anilines is 1. The molecule has 0 aromatic carbocycles. The van der Waals surface area contributed by atoms with Crippen LogP contribution >= 0.6 is 0 Å². The minimum Gasteiger partial charge on any atom is -0.368 e. The fourth-order valence-electron chi connectivity index (χ4n) is 1.92. The first-order chi connectivity index (χ1) is 8.12. The Morgan fingerprint density at radius 1 is 1.39 bits per heavy atom. The summed E-state index contributed by atoms with van der Waals surface area (Å²) >= 11 is 0. The SMILES string of the molecule is CC(C)[C@H](Cc1nc(N)n(C)n1)C(=O)C(C)(C)C. The molecule has 5 heteroatoms. The van der Waals surface area contributed by atoms with Crippen LogP contribution in [0.5, 0.6) is 0 Å². The Hall–Kier alpha value is -1.39. The number of nitrogen functional groups attached to an aromatic ring is 1. The zero-order chi connectivity index (χ0) is 14.1. The standard InChI is InChI=1S/C13H24N4O/c1-8(2)9(11(18)13(3,4)5)7-10-15-12(14)17(6)16-10/h8-9H,7H2,1-6H3,(H2,14,15,16)/t9-/m0/s1. The number of hydrogen-bond acceptors (Lipinski definition) is 4. The zero-order valence-corrected chi connectivity index (χ0v) is 12.2. The fraction of sp³-hybridized carbons (Fsp3) is 0.769. The first kappa shape index (κ1) is 14.7. The predicted octanol–water partition coefficient (Wildman–Crippen LogP) is 1.83. The van der Waals surface area contributed by atoms with Gasteiger partial charge in [-0.3, -0.25) is 4.79 Å². The molecule has 102 valence electrons. The van der Waals surface area contributed by atoms with Crippen LogP contribution in [-0.2, 0) is 18.3 Å². The van der Waals surface area contributed by atoms with Crippen LogP contribution in [0.15, 0.2) is 0 Å². The monoisotopic (exact) mass is 252 g/mol. The van der Waals surface area contributed by atoms with E-state index in [0.717, 1.165) is 0 Å². The molecule has 2 N–H and O–H groups in total. The smallest absolute Gasteiger partial charge is 0.218 e. The number of nitrogens with zero attached hydrogens (tertiary/aromatic N) is 3. The van der Waals surface area contributed by atoms with Crippen LogP contribution < -0.4 is 5.73 Å². The Morgan fingerprint density at radius 2 is 1.94 bits per heavy atom. The van der Waals surface area contributed by atoms with Gasteiger partial charge in [-0.05, 0) is 5.92 Å². The molecule has 0 saturated heterocycles. The number of rotatable bonds is 4. The maximum Gasteiger partial charge on any atom is 0.218 e. The molecule has 1 aromatic heterocycles. The molecular weight excluding hydrogens is 228 g/mol. The molecule has 1 atom stereocenters. The summed E-state index contributed by atoms with van der Waals surface area (Å²) in [5, 5.41) is 4.23. The van der Waals surface area contributed by atoms with E-state index < -0.39 is 0 Å². The van der Waals surface area contributed by atoms with Crippen molar-refractivity contribution < 1.29 is 4.79 Å². The molecule has 5 nitrogen and oxygen atoms in total. The molecule has 0 aliphatic heterocycles. The van der Waals surface area contributed by atoms with Crippen molar-refractivity contribution >= 4 is 11.7 Å². The first-order valence-electron chi connectivity index (χ1n) is 6.32. The minimum absolute atomic E-state index is 0.0631. The Bertz CT molecular complexity index is 409. The number of hydrogen-bond donors (Lipinski definition) is 1. The third-order valence-electron chi connectivity index (χ3n) is 3.12. The average molecular weight is 252 g/mol. The number of aryl methyl sites for hydroxylation is 1. The van der Waals surface area contributed by atoms with Crippen LogP contribution in [0.1, 0.15) is 40.4 Å². The van der Waals surface area contributed by atoms with E-state index in [1.54, 1.807) is 7.05 Å². The number of ketones is 1. The van der Waals surface area contributed by atoms with Gasteiger partial charge in [0.05, 0.1) is 0 Å². The van der Waals surface area contributed by atoms with Gasteiger partial charge in [0.25, 0.3) is 0 Å². The van der Waals surface area contributed by atoms with Crippen molar-refractivity contribution in [3.63, 3.8) is 0 Å². The van der Waals surface area contributed by atoms with E-state index in [4.69, 9.17) is 5.73 Å². The Labute approximate surface area is 109 Å². The van der Waals surface area contributed by atoms with Crippen LogP contribution in [0.25, 0.3) is 0 Å². The molecule has 0 aliphatic carbocycles. The highest BCUT2D eigenvalue weighted by molar-refractivity contribution is 5.86. The van der Waals surface area contributed by atoms with E-state index in [1.165, 1.54) is 4.68 Å². The van der Waals surface area contributed by atoms with Gasteiger partial charge in [-0.15, -0.1) is 0 Å². The highest BCUT2D eigenvalue weighted by Gasteiger charge is 2.32. The van der Waals surface area contributed by atoms with Crippen molar-refractivity contribution in [2.24, 2.45) is 24.3 Å². The molecule has 0 saturated carbocycles. The van der Waals surface area contributed by atoms with Crippen LogP contribution in [0, 0.1) is 17.3 Å². The lowest BCUT2D eigenvalue weighted by atomic mass is 9.76. The minimum atomic E-state index is -0.338.